The van der Waals surface area contributed by atoms with Crippen LogP contribution in [0.15, 0.2) is 0 Å². The van der Waals surface area contributed by atoms with Gasteiger partial charge in [-0.2, -0.15) is 0 Å². The van der Waals surface area contributed by atoms with Crippen molar-refractivity contribution >= 4 is 0 Å². The lowest BCUT2D eigenvalue weighted by molar-refractivity contribution is 0.285. The molecular weight excluding hydrogens is 172 g/mol. The van der Waals surface area contributed by atoms with Crippen LogP contribution in [0.25, 0.3) is 0 Å². The lowest BCUT2D eigenvalue weighted by Gasteiger charge is -2.19. The molecule has 0 aliphatic carbocycles. The Labute approximate surface area is 89.1 Å². The SMILES string of the molecule is CC(C)CN(C)CCCC1CCCN1. The van der Waals surface area contributed by atoms with Crippen molar-refractivity contribution in [2.45, 2.75) is 45.6 Å². The van der Waals surface area contributed by atoms with E-state index in [0.717, 1.165) is 12.0 Å². The molecule has 14 heavy (non-hydrogen) atoms. The van der Waals surface area contributed by atoms with Gasteiger partial charge < -0.3 is 10.2 Å². The van der Waals surface area contributed by atoms with Gasteiger partial charge in [0.1, 0.15) is 0 Å². The molecule has 0 spiro atoms. The van der Waals surface area contributed by atoms with Crippen LogP contribution in [0.1, 0.15) is 39.5 Å². The molecule has 0 aromatic rings. The molecule has 1 N–H and O–H groups in total. The van der Waals surface area contributed by atoms with E-state index in [2.05, 4.69) is 31.1 Å². The van der Waals surface area contributed by atoms with Crippen LogP contribution in [0.2, 0.25) is 0 Å². The second kappa shape index (κ2) is 6.41. The quantitative estimate of drug-likeness (QED) is 0.703. The van der Waals surface area contributed by atoms with Crippen molar-refractivity contribution in [2.24, 2.45) is 5.92 Å². The van der Waals surface area contributed by atoms with Gasteiger partial charge in [0.05, 0.1) is 0 Å². The maximum absolute atomic E-state index is 3.55. The summed E-state index contributed by atoms with van der Waals surface area (Å²) in [5.41, 5.74) is 0. The largest absolute Gasteiger partial charge is 0.314 e. The van der Waals surface area contributed by atoms with Crippen molar-refractivity contribution < 1.29 is 0 Å². The molecule has 0 aromatic heterocycles. The Morgan fingerprint density at radius 2 is 2.21 bits per heavy atom. The molecular formula is C12H26N2. The lowest BCUT2D eigenvalue weighted by Crippen LogP contribution is -2.27. The molecule has 2 heteroatoms. The van der Waals surface area contributed by atoms with Gasteiger partial charge in [-0.25, -0.2) is 0 Å². The molecule has 1 heterocycles. The van der Waals surface area contributed by atoms with E-state index in [0.29, 0.717) is 0 Å². The van der Waals surface area contributed by atoms with Crippen LogP contribution >= 0.6 is 0 Å². The molecule has 1 fully saturated rings. The van der Waals surface area contributed by atoms with Gasteiger partial charge in [-0.15, -0.1) is 0 Å². The molecule has 0 radical (unpaired) electrons. The van der Waals surface area contributed by atoms with Crippen molar-refractivity contribution in [2.75, 3.05) is 26.7 Å². The standard InChI is InChI=1S/C12H26N2/c1-11(2)10-14(3)9-5-7-12-6-4-8-13-12/h11-13H,4-10H2,1-3H3. The maximum Gasteiger partial charge on any atom is 0.00680 e. The summed E-state index contributed by atoms with van der Waals surface area (Å²) < 4.78 is 0. The van der Waals surface area contributed by atoms with E-state index in [1.807, 2.05) is 0 Å². The summed E-state index contributed by atoms with van der Waals surface area (Å²) in [5, 5.41) is 3.55. The van der Waals surface area contributed by atoms with Crippen molar-refractivity contribution in [3.8, 4) is 0 Å². The number of nitrogens with zero attached hydrogens (tertiary/aromatic N) is 1. The molecule has 1 unspecified atom stereocenters. The molecule has 0 saturated carbocycles. The molecule has 1 rings (SSSR count). The van der Waals surface area contributed by atoms with E-state index in [9.17, 15) is 0 Å². The molecule has 1 atom stereocenters. The van der Waals surface area contributed by atoms with E-state index in [1.54, 1.807) is 0 Å². The second-order valence-electron chi connectivity index (χ2n) is 5.09. The van der Waals surface area contributed by atoms with Crippen LogP contribution in [0.4, 0.5) is 0 Å². The zero-order valence-corrected chi connectivity index (χ0v) is 10.1. The Balaban J connectivity index is 1.96. The third kappa shape index (κ3) is 4.97. The lowest BCUT2D eigenvalue weighted by atomic mass is 10.1. The van der Waals surface area contributed by atoms with Gasteiger partial charge in [-0.1, -0.05) is 13.8 Å². The van der Waals surface area contributed by atoms with Gasteiger partial charge in [0.2, 0.25) is 0 Å². The maximum atomic E-state index is 3.55. The number of hydrogen-bond acceptors (Lipinski definition) is 2. The monoisotopic (exact) mass is 198 g/mol. The fourth-order valence-electron chi connectivity index (χ4n) is 2.33. The van der Waals surface area contributed by atoms with Gasteiger partial charge in [0.25, 0.3) is 0 Å². The molecule has 1 saturated heterocycles. The summed E-state index contributed by atoms with van der Waals surface area (Å²) in [6.45, 7) is 8.31. The zero-order chi connectivity index (χ0) is 10.4. The minimum Gasteiger partial charge on any atom is -0.314 e. The predicted octanol–water partition coefficient (Wildman–Crippen LogP) is 2.11. The summed E-state index contributed by atoms with van der Waals surface area (Å²) in [4.78, 5) is 2.46. The summed E-state index contributed by atoms with van der Waals surface area (Å²) in [5.74, 6) is 0.796. The van der Waals surface area contributed by atoms with E-state index in [1.165, 1.54) is 45.3 Å². The van der Waals surface area contributed by atoms with Crippen LogP contribution in [-0.2, 0) is 0 Å². The molecule has 84 valence electrons. The Morgan fingerprint density at radius 3 is 2.79 bits per heavy atom. The summed E-state index contributed by atoms with van der Waals surface area (Å²) in [6.07, 6.45) is 5.49. The first-order valence-electron chi connectivity index (χ1n) is 6.10. The predicted molar refractivity (Wildman–Crippen MR) is 62.6 cm³/mol. The Bertz CT molecular complexity index is 139. The average Bonchev–Trinajstić information content (AvgIpc) is 2.55. The van der Waals surface area contributed by atoms with Gasteiger partial charge in [-0.3, -0.25) is 0 Å². The van der Waals surface area contributed by atoms with Gasteiger partial charge >= 0.3 is 0 Å². The van der Waals surface area contributed by atoms with E-state index in [-0.39, 0.29) is 0 Å². The van der Waals surface area contributed by atoms with Crippen molar-refractivity contribution in [1.29, 1.82) is 0 Å². The van der Waals surface area contributed by atoms with Crippen molar-refractivity contribution in [3.63, 3.8) is 0 Å². The summed E-state index contributed by atoms with van der Waals surface area (Å²) in [6, 6.07) is 0.822. The average molecular weight is 198 g/mol. The van der Waals surface area contributed by atoms with Gasteiger partial charge in [0.15, 0.2) is 0 Å². The fourth-order valence-corrected chi connectivity index (χ4v) is 2.33. The first kappa shape index (κ1) is 12.0. The molecule has 2 nitrogen and oxygen atoms in total. The third-order valence-electron chi connectivity index (χ3n) is 2.93. The first-order valence-corrected chi connectivity index (χ1v) is 6.10. The summed E-state index contributed by atoms with van der Waals surface area (Å²) >= 11 is 0. The normalized spacial score (nSPS) is 22.5. The minimum atomic E-state index is 0.796. The van der Waals surface area contributed by atoms with Crippen LogP contribution in [-0.4, -0.2) is 37.6 Å². The molecule has 0 bridgehead atoms. The molecule has 0 aromatic carbocycles. The topological polar surface area (TPSA) is 15.3 Å². The smallest absolute Gasteiger partial charge is 0.00680 e. The number of rotatable bonds is 6. The molecule has 1 aliphatic heterocycles. The van der Waals surface area contributed by atoms with Crippen molar-refractivity contribution in [3.05, 3.63) is 0 Å². The van der Waals surface area contributed by atoms with Gasteiger partial charge in [0, 0.05) is 12.6 Å². The Kier molecular flexibility index (Phi) is 5.49. The van der Waals surface area contributed by atoms with Crippen LogP contribution in [0.5, 0.6) is 0 Å². The summed E-state index contributed by atoms with van der Waals surface area (Å²) in [7, 11) is 2.24. The van der Waals surface area contributed by atoms with Crippen LogP contribution in [0.3, 0.4) is 0 Å². The highest BCUT2D eigenvalue weighted by atomic mass is 15.1. The highest BCUT2D eigenvalue weighted by molar-refractivity contribution is 4.74. The highest BCUT2D eigenvalue weighted by Crippen LogP contribution is 2.11. The minimum absolute atomic E-state index is 0.796. The zero-order valence-electron chi connectivity index (χ0n) is 10.1. The Hall–Kier alpha value is -0.0800. The van der Waals surface area contributed by atoms with E-state index in [4.69, 9.17) is 0 Å². The number of hydrogen-bond donors (Lipinski definition) is 1. The Morgan fingerprint density at radius 1 is 1.43 bits per heavy atom. The van der Waals surface area contributed by atoms with Crippen LogP contribution < -0.4 is 5.32 Å². The van der Waals surface area contributed by atoms with Crippen molar-refractivity contribution in [1.82, 2.24) is 10.2 Å². The highest BCUT2D eigenvalue weighted by Gasteiger charge is 2.13. The van der Waals surface area contributed by atoms with Gasteiger partial charge in [-0.05, 0) is 51.7 Å². The molecule has 0 amide bonds. The fraction of sp³-hybridized carbons (Fsp3) is 1.00. The van der Waals surface area contributed by atoms with E-state index < -0.39 is 0 Å². The van der Waals surface area contributed by atoms with Crippen LogP contribution in [0, 0.1) is 5.92 Å². The van der Waals surface area contributed by atoms with E-state index >= 15 is 0 Å². The third-order valence-corrected chi connectivity index (χ3v) is 2.93. The second-order valence-corrected chi connectivity index (χ2v) is 5.09. The molecule has 1 aliphatic rings. The number of nitrogens with one attached hydrogen (secondary N) is 1. The first-order chi connectivity index (χ1) is 6.68.